The van der Waals surface area contributed by atoms with Gasteiger partial charge in [0, 0.05) is 11.3 Å². The standard InChI is InChI=1S/C9H11N3O4S2/c1-4-5(2)11-16-7(4)12-18(14,15)8-6(3)10-9(13)17-8/h12H,1-3H3,(H,10,13). The molecule has 0 amide bonds. The van der Waals surface area contributed by atoms with Crippen LogP contribution in [-0.4, -0.2) is 18.6 Å². The van der Waals surface area contributed by atoms with Gasteiger partial charge in [-0.2, -0.15) is 0 Å². The molecule has 0 aliphatic rings. The van der Waals surface area contributed by atoms with Gasteiger partial charge in [-0.05, 0) is 20.8 Å². The van der Waals surface area contributed by atoms with Crippen LogP contribution in [0.1, 0.15) is 17.0 Å². The molecule has 0 aromatic carbocycles. The lowest BCUT2D eigenvalue weighted by molar-refractivity contribution is 0.430. The Morgan fingerprint density at radius 2 is 2.00 bits per heavy atom. The van der Waals surface area contributed by atoms with Crippen LogP contribution in [0.4, 0.5) is 5.88 Å². The smallest absolute Gasteiger partial charge is 0.306 e. The van der Waals surface area contributed by atoms with Crippen LogP contribution < -0.4 is 9.60 Å². The molecule has 0 aliphatic heterocycles. The first-order valence-corrected chi connectivity index (χ1v) is 7.26. The zero-order valence-electron chi connectivity index (χ0n) is 9.90. The minimum Gasteiger partial charge on any atom is -0.337 e. The molecule has 0 atom stereocenters. The van der Waals surface area contributed by atoms with Crippen molar-refractivity contribution >= 4 is 27.2 Å². The molecule has 2 aromatic heterocycles. The normalized spacial score (nSPS) is 11.7. The van der Waals surface area contributed by atoms with Crippen LogP contribution in [0.15, 0.2) is 13.5 Å². The highest BCUT2D eigenvalue weighted by Crippen LogP contribution is 2.23. The summed E-state index contributed by atoms with van der Waals surface area (Å²) in [5.74, 6) is 0.0627. The van der Waals surface area contributed by atoms with E-state index in [0.29, 0.717) is 28.3 Å². The average Bonchev–Trinajstić information content (AvgIpc) is 2.75. The number of aromatic amines is 1. The maximum atomic E-state index is 12.0. The summed E-state index contributed by atoms with van der Waals surface area (Å²) < 4.78 is 31.2. The van der Waals surface area contributed by atoms with Crippen molar-refractivity contribution in [3.8, 4) is 0 Å². The maximum absolute atomic E-state index is 12.0. The Balaban J connectivity index is 2.42. The van der Waals surface area contributed by atoms with E-state index in [2.05, 4.69) is 14.9 Å². The quantitative estimate of drug-likeness (QED) is 0.881. The third-order valence-corrected chi connectivity index (χ3v) is 5.35. The number of H-pyrrole nitrogens is 1. The van der Waals surface area contributed by atoms with Crippen molar-refractivity contribution in [2.45, 2.75) is 25.0 Å². The Hall–Kier alpha value is -1.61. The summed E-state index contributed by atoms with van der Waals surface area (Å²) in [5.41, 5.74) is 1.51. The summed E-state index contributed by atoms with van der Waals surface area (Å²) in [5, 5.41) is 3.65. The van der Waals surface area contributed by atoms with Gasteiger partial charge in [-0.3, -0.25) is 4.79 Å². The van der Waals surface area contributed by atoms with Crippen LogP contribution in [0.5, 0.6) is 0 Å². The fourth-order valence-electron chi connectivity index (χ4n) is 1.33. The second-order valence-electron chi connectivity index (χ2n) is 3.75. The maximum Gasteiger partial charge on any atom is 0.306 e. The number of anilines is 1. The molecule has 9 heteroatoms. The monoisotopic (exact) mass is 289 g/mol. The summed E-state index contributed by atoms with van der Waals surface area (Å²) >= 11 is 0.630. The molecule has 0 bridgehead atoms. The van der Waals surface area contributed by atoms with Crippen molar-refractivity contribution in [3.63, 3.8) is 0 Å². The average molecular weight is 289 g/mol. The molecule has 0 radical (unpaired) electrons. The van der Waals surface area contributed by atoms with Crippen LogP contribution >= 0.6 is 11.3 Å². The first kappa shape index (κ1) is 12.8. The van der Waals surface area contributed by atoms with E-state index < -0.39 is 14.9 Å². The first-order chi connectivity index (χ1) is 8.31. The van der Waals surface area contributed by atoms with Crippen LogP contribution in [-0.2, 0) is 10.0 Å². The summed E-state index contributed by atoms with van der Waals surface area (Å²) in [6, 6.07) is 0. The molecule has 2 aromatic rings. The van der Waals surface area contributed by atoms with Gasteiger partial charge in [-0.1, -0.05) is 16.5 Å². The number of hydrogen-bond acceptors (Lipinski definition) is 6. The SMILES string of the molecule is Cc1noc(NS(=O)(=O)c2sc(=O)[nH]c2C)c1C. The fraction of sp³-hybridized carbons (Fsp3) is 0.333. The molecule has 0 unspecified atom stereocenters. The predicted molar refractivity (Wildman–Crippen MR) is 66.5 cm³/mol. The highest BCUT2D eigenvalue weighted by molar-refractivity contribution is 7.94. The van der Waals surface area contributed by atoms with Crippen molar-refractivity contribution in [2.75, 3.05) is 4.72 Å². The van der Waals surface area contributed by atoms with Gasteiger partial charge in [0.25, 0.3) is 10.0 Å². The molecule has 18 heavy (non-hydrogen) atoms. The van der Waals surface area contributed by atoms with Crippen molar-refractivity contribution in [1.29, 1.82) is 0 Å². The Kier molecular flexibility index (Phi) is 3.03. The van der Waals surface area contributed by atoms with Crippen LogP contribution in [0.3, 0.4) is 0 Å². The highest BCUT2D eigenvalue weighted by Gasteiger charge is 2.23. The molecule has 98 valence electrons. The lowest BCUT2D eigenvalue weighted by atomic mass is 10.3. The van der Waals surface area contributed by atoms with E-state index in [0.717, 1.165) is 0 Å². The molecule has 7 nitrogen and oxygen atoms in total. The molecular formula is C9H11N3O4S2. The largest absolute Gasteiger partial charge is 0.337 e. The number of thiazole rings is 1. The second kappa shape index (κ2) is 4.25. The molecule has 0 saturated carbocycles. The molecular weight excluding hydrogens is 278 g/mol. The third-order valence-electron chi connectivity index (χ3n) is 2.41. The number of aromatic nitrogens is 2. The van der Waals surface area contributed by atoms with Crippen LogP contribution in [0.25, 0.3) is 0 Å². The highest BCUT2D eigenvalue weighted by atomic mass is 32.2. The van der Waals surface area contributed by atoms with Gasteiger partial charge in [0.2, 0.25) is 5.88 Å². The molecule has 0 saturated heterocycles. The van der Waals surface area contributed by atoms with E-state index >= 15 is 0 Å². The Labute approximate surface area is 107 Å². The molecule has 0 aliphatic carbocycles. The van der Waals surface area contributed by atoms with Crippen molar-refractivity contribution < 1.29 is 12.9 Å². The summed E-state index contributed by atoms with van der Waals surface area (Å²) in [6.45, 7) is 4.91. The molecule has 0 fully saturated rings. The third kappa shape index (κ3) is 2.18. The molecule has 2 N–H and O–H groups in total. The molecule has 0 spiro atoms. The zero-order chi connectivity index (χ0) is 13.5. The van der Waals surface area contributed by atoms with Gasteiger partial charge >= 0.3 is 4.87 Å². The summed E-state index contributed by atoms with van der Waals surface area (Å²) in [6.07, 6.45) is 0. The predicted octanol–water partition coefficient (Wildman–Crippen LogP) is 1.15. The van der Waals surface area contributed by atoms with Gasteiger partial charge < -0.3 is 9.51 Å². The number of aryl methyl sites for hydroxylation is 2. The lowest BCUT2D eigenvalue weighted by Crippen LogP contribution is -2.12. The van der Waals surface area contributed by atoms with Crippen molar-refractivity contribution in [3.05, 3.63) is 26.6 Å². The Morgan fingerprint density at radius 3 is 2.44 bits per heavy atom. The number of nitrogens with zero attached hydrogens (tertiary/aromatic N) is 1. The summed E-state index contributed by atoms with van der Waals surface area (Å²) in [4.78, 5) is 13.1. The van der Waals surface area contributed by atoms with Gasteiger partial charge in [0.05, 0.1) is 5.69 Å². The topological polar surface area (TPSA) is 105 Å². The van der Waals surface area contributed by atoms with Gasteiger partial charge in [0.15, 0.2) is 4.21 Å². The second-order valence-corrected chi connectivity index (χ2v) is 6.62. The Bertz CT molecular complexity index is 738. The van der Waals surface area contributed by atoms with Crippen LogP contribution in [0.2, 0.25) is 0 Å². The number of sulfonamides is 1. The van der Waals surface area contributed by atoms with Crippen molar-refractivity contribution in [1.82, 2.24) is 10.1 Å². The number of nitrogens with one attached hydrogen (secondary N) is 2. The van der Waals surface area contributed by atoms with Crippen LogP contribution in [0, 0.1) is 20.8 Å². The van der Waals surface area contributed by atoms with E-state index in [9.17, 15) is 13.2 Å². The van der Waals surface area contributed by atoms with Crippen molar-refractivity contribution in [2.24, 2.45) is 0 Å². The van der Waals surface area contributed by atoms with Gasteiger partial charge in [-0.25, -0.2) is 13.1 Å². The molecule has 2 rings (SSSR count). The fourth-order valence-corrected chi connectivity index (χ4v) is 3.67. The number of rotatable bonds is 3. The Morgan fingerprint density at radius 1 is 1.33 bits per heavy atom. The van der Waals surface area contributed by atoms with E-state index in [1.165, 1.54) is 6.92 Å². The first-order valence-electron chi connectivity index (χ1n) is 4.96. The van der Waals surface area contributed by atoms with Gasteiger partial charge in [0.1, 0.15) is 0 Å². The molecule has 2 heterocycles. The minimum absolute atomic E-state index is 0.0547. The number of hydrogen-bond donors (Lipinski definition) is 2. The van der Waals surface area contributed by atoms with Gasteiger partial charge in [-0.15, -0.1) is 0 Å². The zero-order valence-corrected chi connectivity index (χ0v) is 11.5. The van der Waals surface area contributed by atoms with E-state index in [1.807, 2.05) is 0 Å². The van der Waals surface area contributed by atoms with E-state index in [-0.39, 0.29) is 10.1 Å². The minimum atomic E-state index is -3.83. The summed E-state index contributed by atoms with van der Waals surface area (Å²) in [7, 11) is -3.83. The lowest BCUT2D eigenvalue weighted by Gasteiger charge is -2.03. The van der Waals surface area contributed by atoms with E-state index in [4.69, 9.17) is 4.52 Å². The van der Waals surface area contributed by atoms with E-state index in [1.54, 1.807) is 13.8 Å².